The quantitative estimate of drug-likeness (QED) is 0.595. The van der Waals surface area contributed by atoms with Crippen molar-refractivity contribution >= 4 is 11.6 Å². The summed E-state index contributed by atoms with van der Waals surface area (Å²) in [6, 6.07) is 12.9. The largest absolute Gasteiger partial charge is 0.497 e. The molecular formula is C23H30N2O5. The molecule has 1 fully saturated rings. The Kier molecular flexibility index (Phi) is 7.41. The van der Waals surface area contributed by atoms with Gasteiger partial charge in [-0.2, -0.15) is 0 Å². The zero-order valence-corrected chi connectivity index (χ0v) is 18.1. The van der Waals surface area contributed by atoms with E-state index in [1.807, 2.05) is 55.3 Å². The van der Waals surface area contributed by atoms with Gasteiger partial charge in [-0.1, -0.05) is 12.1 Å². The monoisotopic (exact) mass is 414 g/mol. The molecule has 1 aliphatic heterocycles. The molecule has 1 atom stereocenters. The van der Waals surface area contributed by atoms with Crippen LogP contribution < -0.4 is 23.8 Å². The molecule has 1 unspecified atom stereocenters. The van der Waals surface area contributed by atoms with Crippen molar-refractivity contribution in [3.05, 3.63) is 42.5 Å². The summed E-state index contributed by atoms with van der Waals surface area (Å²) in [4.78, 5) is 16.9. The summed E-state index contributed by atoms with van der Waals surface area (Å²) in [7, 11) is 5.16. The highest BCUT2D eigenvalue weighted by Gasteiger charge is 2.35. The first kappa shape index (κ1) is 21.8. The van der Waals surface area contributed by atoms with Crippen molar-refractivity contribution in [2.75, 3.05) is 52.5 Å². The number of hydrogen-bond acceptors (Lipinski definition) is 6. The van der Waals surface area contributed by atoms with E-state index < -0.39 is 0 Å². The van der Waals surface area contributed by atoms with E-state index in [0.29, 0.717) is 37.8 Å². The van der Waals surface area contributed by atoms with Crippen LogP contribution in [0.4, 0.5) is 5.69 Å². The Morgan fingerprint density at radius 3 is 2.27 bits per heavy atom. The Balaban J connectivity index is 1.59. The number of carbonyl (C=O) groups is 1. The number of likely N-dealkylation sites (N-methyl/N-ethyl adjacent to an activating group) is 1. The highest BCUT2D eigenvalue weighted by atomic mass is 16.5. The molecule has 0 saturated carbocycles. The minimum absolute atomic E-state index is 0.0718. The minimum Gasteiger partial charge on any atom is -0.497 e. The molecule has 0 aliphatic carbocycles. The van der Waals surface area contributed by atoms with Crippen molar-refractivity contribution in [2.45, 2.75) is 19.4 Å². The van der Waals surface area contributed by atoms with E-state index in [1.165, 1.54) is 0 Å². The van der Waals surface area contributed by atoms with Gasteiger partial charge in [0.2, 0.25) is 5.91 Å². The van der Waals surface area contributed by atoms with Gasteiger partial charge in [0.15, 0.2) is 11.5 Å². The number of rotatable bonds is 10. The van der Waals surface area contributed by atoms with Crippen LogP contribution in [-0.4, -0.2) is 64.4 Å². The van der Waals surface area contributed by atoms with E-state index >= 15 is 0 Å². The number of hydrogen-bond donors (Lipinski definition) is 0. The molecule has 0 spiro atoms. The van der Waals surface area contributed by atoms with Crippen molar-refractivity contribution in [3.8, 4) is 23.0 Å². The normalized spacial score (nSPS) is 16.1. The maximum Gasteiger partial charge on any atom is 0.244 e. The topological polar surface area (TPSA) is 60.5 Å². The second kappa shape index (κ2) is 10.2. The standard InChI is InChI=1S/C23H30N2O5/c1-5-29-21-8-6-7-9-22(21)30-13-12-24(2)20-10-11-25(23(20)26)17-14-18(27-3)16-19(15-17)28-4/h6-9,14-16,20H,5,10-13H2,1-4H3. The van der Waals surface area contributed by atoms with Gasteiger partial charge in [-0.15, -0.1) is 0 Å². The smallest absolute Gasteiger partial charge is 0.244 e. The Hall–Kier alpha value is -2.93. The fourth-order valence-electron chi connectivity index (χ4n) is 3.58. The fourth-order valence-corrected chi connectivity index (χ4v) is 3.58. The zero-order valence-electron chi connectivity index (χ0n) is 18.1. The number of anilines is 1. The van der Waals surface area contributed by atoms with E-state index in [-0.39, 0.29) is 11.9 Å². The van der Waals surface area contributed by atoms with Crippen molar-refractivity contribution in [2.24, 2.45) is 0 Å². The SMILES string of the molecule is CCOc1ccccc1OCCN(C)C1CCN(c2cc(OC)cc(OC)c2)C1=O. The molecule has 0 aromatic heterocycles. The molecule has 1 amide bonds. The summed E-state index contributed by atoms with van der Waals surface area (Å²) in [6.07, 6.45) is 0.754. The minimum atomic E-state index is -0.187. The Bertz CT molecular complexity index is 835. The van der Waals surface area contributed by atoms with Crippen molar-refractivity contribution < 1.29 is 23.7 Å². The summed E-state index contributed by atoms with van der Waals surface area (Å²) in [6.45, 7) is 4.28. The predicted molar refractivity (Wildman–Crippen MR) is 116 cm³/mol. The maximum absolute atomic E-state index is 13.1. The van der Waals surface area contributed by atoms with E-state index in [0.717, 1.165) is 23.6 Å². The van der Waals surface area contributed by atoms with Gasteiger partial charge in [0.1, 0.15) is 18.1 Å². The van der Waals surface area contributed by atoms with Gasteiger partial charge in [-0.25, -0.2) is 0 Å². The fraction of sp³-hybridized carbons (Fsp3) is 0.435. The van der Waals surface area contributed by atoms with Gasteiger partial charge in [-0.05, 0) is 32.5 Å². The number of ether oxygens (including phenoxy) is 4. The molecule has 7 heteroatoms. The Morgan fingerprint density at radius 1 is 1.03 bits per heavy atom. The molecule has 7 nitrogen and oxygen atoms in total. The van der Waals surface area contributed by atoms with Crippen LogP contribution in [0.5, 0.6) is 23.0 Å². The van der Waals surface area contributed by atoms with Crippen LogP contribution in [0, 0.1) is 0 Å². The third-order valence-corrected chi connectivity index (χ3v) is 5.21. The Morgan fingerprint density at radius 2 is 1.67 bits per heavy atom. The number of amides is 1. The molecule has 0 radical (unpaired) electrons. The van der Waals surface area contributed by atoms with Crippen LogP contribution in [0.2, 0.25) is 0 Å². The van der Waals surface area contributed by atoms with Crippen LogP contribution in [0.15, 0.2) is 42.5 Å². The first-order valence-electron chi connectivity index (χ1n) is 10.2. The lowest BCUT2D eigenvalue weighted by atomic mass is 10.2. The molecule has 1 aliphatic rings. The van der Waals surface area contributed by atoms with Crippen molar-refractivity contribution in [3.63, 3.8) is 0 Å². The molecule has 30 heavy (non-hydrogen) atoms. The third kappa shape index (κ3) is 4.97. The molecule has 2 aromatic carbocycles. The van der Waals surface area contributed by atoms with Crippen LogP contribution in [-0.2, 0) is 4.79 Å². The molecule has 162 valence electrons. The second-order valence-corrected chi connectivity index (χ2v) is 7.07. The van der Waals surface area contributed by atoms with Gasteiger partial charge in [0.25, 0.3) is 0 Å². The Labute approximate surface area is 178 Å². The molecular weight excluding hydrogens is 384 g/mol. The summed E-state index contributed by atoms with van der Waals surface area (Å²) in [5.41, 5.74) is 0.786. The zero-order chi connectivity index (χ0) is 21.5. The summed E-state index contributed by atoms with van der Waals surface area (Å²) >= 11 is 0. The van der Waals surface area contributed by atoms with Gasteiger partial charge in [0.05, 0.1) is 32.6 Å². The van der Waals surface area contributed by atoms with E-state index in [2.05, 4.69) is 0 Å². The molecule has 0 bridgehead atoms. The van der Waals surface area contributed by atoms with Crippen LogP contribution in [0.3, 0.4) is 0 Å². The number of methoxy groups -OCH3 is 2. The van der Waals surface area contributed by atoms with Gasteiger partial charge < -0.3 is 23.8 Å². The highest BCUT2D eigenvalue weighted by Crippen LogP contribution is 2.32. The maximum atomic E-state index is 13.1. The summed E-state index contributed by atoms with van der Waals surface area (Å²) < 4.78 is 22.2. The molecule has 2 aromatic rings. The predicted octanol–water partition coefficient (Wildman–Crippen LogP) is 3.22. The van der Waals surface area contributed by atoms with Gasteiger partial charge in [0, 0.05) is 31.3 Å². The van der Waals surface area contributed by atoms with Crippen molar-refractivity contribution in [1.29, 1.82) is 0 Å². The van der Waals surface area contributed by atoms with Gasteiger partial charge in [-0.3, -0.25) is 9.69 Å². The lowest BCUT2D eigenvalue weighted by Gasteiger charge is -2.24. The average Bonchev–Trinajstić information content (AvgIpc) is 3.16. The molecule has 3 rings (SSSR count). The molecule has 1 heterocycles. The first-order valence-corrected chi connectivity index (χ1v) is 10.2. The molecule has 1 saturated heterocycles. The number of para-hydroxylation sites is 2. The first-order chi connectivity index (χ1) is 14.6. The van der Waals surface area contributed by atoms with E-state index in [1.54, 1.807) is 25.2 Å². The van der Waals surface area contributed by atoms with Crippen LogP contribution in [0.25, 0.3) is 0 Å². The van der Waals surface area contributed by atoms with E-state index in [4.69, 9.17) is 18.9 Å². The van der Waals surface area contributed by atoms with E-state index in [9.17, 15) is 4.79 Å². The lowest BCUT2D eigenvalue weighted by Crippen LogP contribution is -2.41. The van der Waals surface area contributed by atoms with Crippen molar-refractivity contribution in [1.82, 2.24) is 4.90 Å². The number of nitrogens with zero attached hydrogens (tertiary/aromatic N) is 2. The summed E-state index contributed by atoms with van der Waals surface area (Å²) in [5.74, 6) is 2.85. The lowest BCUT2D eigenvalue weighted by molar-refractivity contribution is -0.121. The molecule has 0 N–H and O–H groups in total. The second-order valence-electron chi connectivity index (χ2n) is 7.07. The third-order valence-electron chi connectivity index (χ3n) is 5.21. The number of carbonyl (C=O) groups excluding carboxylic acids is 1. The average molecular weight is 415 g/mol. The highest BCUT2D eigenvalue weighted by molar-refractivity contribution is 5.99. The van der Waals surface area contributed by atoms with Crippen LogP contribution in [0.1, 0.15) is 13.3 Å². The number of benzene rings is 2. The van der Waals surface area contributed by atoms with Gasteiger partial charge >= 0.3 is 0 Å². The summed E-state index contributed by atoms with van der Waals surface area (Å²) in [5, 5.41) is 0. The van der Waals surface area contributed by atoms with Crippen LogP contribution >= 0.6 is 0 Å².